The Morgan fingerprint density at radius 1 is 1.11 bits per heavy atom. The van der Waals surface area contributed by atoms with Gasteiger partial charge in [0.1, 0.15) is 6.04 Å². The highest BCUT2D eigenvalue weighted by Crippen LogP contribution is 2.33. The zero-order chi connectivity index (χ0) is 26.7. The standard InChI is InChI=1S/C28H36N6O3S/c1-19-9-12-24(13-10-19)38(36,37)32-26(28(29)35)16-23-18-34(33-31-23)27-8-4-5-21-15-20(11-14-25(21)27)17-30-22-6-2-3-7-22/h9-15,18,22,26-27,30,32H,2-8,16-17H2,1H3,(H2,29,35)/t26-,27-/m1/s1. The molecule has 38 heavy (non-hydrogen) atoms. The molecule has 1 aromatic heterocycles. The highest BCUT2D eigenvalue weighted by atomic mass is 32.2. The van der Waals surface area contributed by atoms with Crippen LogP contribution in [0, 0.1) is 6.92 Å². The summed E-state index contributed by atoms with van der Waals surface area (Å²) in [6, 6.07) is 12.7. The molecule has 3 aromatic rings. The van der Waals surface area contributed by atoms with Crippen LogP contribution in [0.4, 0.5) is 0 Å². The number of rotatable bonds is 10. The summed E-state index contributed by atoms with van der Waals surface area (Å²) < 4.78 is 29.9. The molecule has 0 radical (unpaired) electrons. The van der Waals surface area contributed by atoms with Crippen LogP contribution < -0.4 is 15.8 Å². The smallest absolute Gasteiger partial charge is 0.241 e. The number of aryl methyl sites for hydroxylation is 2. The molecule has 1 saturated carbocycles. The summed E-state index contributed by atoms with van der Waals surface area (Å²) in [7, 11) is -3.92. The van der Waals surface area contributed by atoms with Crippen LogP contribution in [0.5, 0.6) is 0 Å². The largest absolute Gasteiger partial charge is 0.368 e. The second kappa shape index (κ2) is 11.3. The molecule has 1 amide bonds. The number of sulfonamides is 1. The molecule has 2 aliphatic rings. The first-order chi connectivity index (χ1) is 18.3. The second-order valence-electron chi connectivity index (χ2n) is 10.6. The highest BCUT2D eigenvalue weighted by molar-refractivity contribution is 7.89. The number of primary amides is 1. The van der Waals surface area contributed by atoms with Crippen molar-refractivity contribution >= 4 is 15.9 Å². The summed E-state index contributed by atoms with van der Waals surface area (Å²) in [6.45, 7) is 2.76. The van der Waals surface area contributed by atoms with Gasteiger partial charge in [-0.05, 0) is 67.9 Å². The Hall–Kier alpha value is -3.08. The van der Waals surface area contributed by atoms with Crippen molar-refractivity contribution < 1.29 is 13.2 Å². The lowest BCUT2D eigenvalue weighted by Crippen LogP contribution is -2.45. The number of amides is 1. The SMILES string of the molecule is Cc1ccc(S(=O)(=O)N[C@H](Cc2cn([C@@H]3CCCc4cc(CNC5CCCC5)ccc43)nn2)C(N)=O)cc1. The molecule has 0 spiro atoms. The van der Waals surface area contributed by atoms with Gasteiger partial charge < -0.3 is 11.1 Å². The number of hydrogen-bond donors (Lipinski definition) is 3. The van der Waals surface area contributed by atoms with Gasteiger partial charge in [-0.25, -0.2) is 13.1 Å². The third kappa shape index (κ3) is 6.14. The summed E-state index contributed by atoms with van der Waals surface area (Å²) in [5, 5.41) is 12.3. The Kier molecular flexibility index (Phi) is 7.92. The van der Waals surface area contributed by atoms with E-state index in [4.69, 9.17) is 5.73 Å². The van der Waals surface area contributed by atoms with Crippen LogP contribution in [0.25, 0.3) is 0 Å². The molecule has 1 heterocycles. The minimum absolute atomic E-state index is 0.0196. The van der Waals surface area contributed by atoms with E-state index in [0.717, 1.165) is 31.4 Å². The van der Waals surface area contributed by atoms with E-state index >= 15 is 0 Å². The minimum atomic E-state index is -3.92. The van der Waals surface area contributed by atoms with Crippen LogP contribution >= 0.6 is 0 Å². The zero-order valence-electron chi connectivity index (χ0n) is 21.8. The van der Waals surface area contributed by atoms with Crippen LogP contribution in [0.1, 0.15) is 72.5 Å². The average Bonchev–Trinajstić information content (AvgIpc) is 3.59. The molecular formula is C28H36N6O3S. The fraction of sp³-hybridized carbons (Fsp3) is 0.464. The molecule has 5 rings (SSSR count). The van der Waals surface area contributed by atoms with E-state index in [0.29, 0.717) is 11.7 Å². The Balaban J connectivity index is 1.27. The first kappa shape index (κ1) is 26.5. The van der Waals surface area contributed by atoms with Gasteiger partial charge in [-0.3, -0.25) is 4.79 Å². The number of carbonyl (C=O) groups is 1. The summed E-state index contributed by atoms with van der Waals surface area (Å²) in [5.74, 6) is -0.767. The highest BCUT2D eigenvalue weighted by Gasteiger charge is 2.27. The van der Waals surface area contributed by atoms with E-state index in [1.54, 1.807) is 18.3 Å². The first-order valence-electron chi connectivity index (χ1n) is 13.4. The zero-order valence-corrected chi connectivity index (χ0v) is 22.6. The number of nitrogens with two attached hydrogens (primary N) is 1. The van der Waals surface area contributed by atoms with Crippen LogP contribution in [0.2, 0.25) is 0 Å². The predicted molar refractivity (Wildman–Crippen MR) is 145 cm³/mol. The first-order valence-corrected chi connectivity index (χ1v) is 14.9. The fourth-order valence-corrected chi connectivity index (χ4v) is 6.76. The average molecular weight is 537 g/mol. The Morgan fingerprint density at radius 3 is 2.61 bits per heavy atom. The van der Waals surface area contributed by atoms with Crippen LogP contribution in [-0.2, 0) is 34.2 Å². The molecule has 4 N–H and O–H groups in total. The van der Waals surface area contributed by atoms with Gasteiger partial charge in [0.2, 0.25) is 15.9 Å². The third-order valence-electron chi connectivity index (χ3n) is 7.70. The van der Waals surface area contributed by atoms with Crippen molar-refractivity contribution in [2.75, 3.05) is 0 Å². The lowest BCUT2D eigenvalue weighted by Gasteiger charge is -2.26. The molecular weight excluding hydrogens is 500 g/mol. The topological polar surface area (TPSA) is 132 Å². The number of fused-ring (bicyclic) bond motifs is 1. The lowest BCUT2D eigenvalue weighted by atomic mass is 9.86. The number of benzene rings is 2. The van der Waals surface area contributed by atoms with Gasteiger partial charge in [0, 0.05) is 25.2 Å². The maximum atomic E-state index is 12.8. The van der Waals surface area contributed by atoms with Gasteiger partial charge in [0.15, 0.2) is 0 Å². The molecule has 2 aromatic carbocycles. The van der Waals surface area contributed by atoms with Crippen LogP contribution in [-0.4, -0.2) is 41.4 Å². The number of carbonyl (C=O) groups excluding carboxylic acids is 1. The maximum absolute atomic E-state index is 12.8. The molecule has 0 bridgehead atoms. The van der Waals surface area contributed by atoms with Gasteiger partial charge in [0.05, 0.1) is 16.6 Å². The lowest BCUT2D eigenvalue weighted by molar-refractivity contribution is -0.119. The van der Waals surface area contributed by atoms with Crippen molar-refractivity contribution in [3.8, 4) is 0 Å². The van der Waals surface area contributed by atoms with Crippen molar-refractivity contribution in [3.05, 3.63) is 76.6 Å². The third-order valence-corrected chi connectivity index (χ3v) is 9.19. The van der Waals surface area contributed by atoms with Gasteiger partial charge in [-0.2, -0.15) is 4.72 Å². The number of aromatic nitrogens is 3. The molecule has 0 unspecified atom stereocenters. The van der Waals surface area contributed by atoms with Gasteiger partial charge >= 0.3 is 0 Å². The molecule has 1 fully saturated rings. The normalized spacial score (nSPS) is 18.8. The summed E-state index contributed by atoms with van der Waals surface area (Å²) in [6.07, 6.45) is 10.0. The maximum Gasteiger partial charge on any atom is 0.241 e. The molecule has 10 heteroatoms. The van der Waals surface area contributed by atoms with Crippen molar-refractivity contribution in [1.29, 1.82) is 0 Å². The number of nitrogens with zero attached hydrogens (tertiary/aromatic N) is 3. The Labute approximate surface area is 224 Å². The summed E-state index contributed by atoms with van der Waals surface area (Å²) >= 11 is 0. The van der Waals surface area contributed by atoms with E-state index < -0.39 is 22.0 Å². The van der Waals surface area contributed by atoms with Crippen molar-refractivity contribution in [2.24, 2.45) is 5.73 Å². The van der Waals surface area contributed by atoms with Gasteiger partial charge in [0.25, 0.3) is 0 Å². The monoisotopic (exact) mass is 536 g/mol. The van der Waals surface area contributed by atoms with Gasteiger partial charge in [-0.15, -0.1) is 5.10 Å². The van der Waals surface area contributed by atoms with Crippen molar-refractivity contribution in [2.45, 2.75) is 87.9 Å². The fourth-order valence-electron chi connectivity index (χ4n) is 5.56. The van der Waals surface area contributed by atoms with Crippen LogP contribution in [0.15, 0.2) is 53.6 Å². The predicted octanol–water partition coefficient (Wildman–Crippen LogP) is 2.92. The van der Waals surface area contributed by atoms with E-state index in [9.17, 15) is 13.2 Å². The minimum Gasteiger partial charge on any atom is -0.368 e. The second-order valence-corrected chi connectivity index (χ2v) is 12.3. The Bertz CT molecular complexity index is 1380. The van der Waals surface area contributed by atoms with Crippen molar-refractivity contribution in [3.63, 3.8) is 0 Å². The Morgan fingerprint density at radius 2 is 1.87 bits per heavy atom. The van der Waals surface area contributed by atoms with E-state index in [1.165, 1.54) is 54.5 Å². The van der Waals surface area contributed by atoms with Crippen molar-refractivity contribution in [1.82, 2.24) is 25.0 Å². The molecule has 2 atom stereocenters. The summed E-state index contributed by atoms with van der Waals surface area (Å²) in [5.41, 5.74) is 10.9. The summed E-state index contributed by atoms with van der Waals surface area (Å²) in [4.78, 5) is 12.2. The van der Waals surface area contributed by atoms with Crippen LogP contribution in [0.3, 0.4) is 0 Å². The van der Waals surface area contributed by atoms with E-state index in [2.05, 4.69) is 38.6 Å². The molecule has 2 aliphatic carbocycles. The molecule has 0 aliphatic heterocycles. The molecule has 0 saturated heterocycles. The number of hydrogen-bond acceptors (Lipinski definition) is 6. The van der Waals surface area contributed by atoms with E-state index in [1.807, 2.05) is 11.6 Å². The number of nitrogens with one attached hydrogen (secondary N) is 2. The quantitative estimate of drug-likeness (QED) is 0.365. The van der Waals surface area contributed by atoms with E-state index in [-0.39, 0.29) is 17.4 Å². The molecule has 202 valence electrons. The van der Waals surface area contributed by atoms with Gasteiger partial charge in [-0.1, -0.05) is 54.0 Å². The molecule has 9 nitrogen and oxygen atoms in total.